The Morgan fingerprint density at radius 3 is 2.35 bits per heavy atom. The van der Waals surface area contributed by atoms with Crippen molar-refractivity contribution in [3.05, 3.63) is 35.4 Å². The molecule has 1 aromatic rings. The maximum absolute atomic E-state index is 11.2. The van der Waals surface area contributed by atoms with E-state index in [4.69, 9.17) is 0 Å². The van der Waals surface area contributed by atoms with Crippen molar-refractivity contribution in [1.82, 2.24) is 0 Å². The number of aromatic hydroxyl groups is 2. The van der Waals surface area contributed by atoms with E-state index in [1.807, 2.05) is 0 Å². The molecule has 0 amide bonds. The van der Waals surface area contributed by atoms with Crippen molar-refractivity contribution in [1.29, 1.82) is 0 Å². The van der Waals surface area contributed by atoms with Crippen LogP contribution in [0.15, 0.2) is 24.3 Å². The Bertz CT molecular complexity index is 463. The van der Waals surface area contributed by atoms with Crippen LogP contribution < -0.4 is 0 Å². The predicted octanol–water partition coefficient (Wildman–Crippen LogP) is 1.78. The zero-order valence-corrected chi connectivity index (χ0v) is 9.90. The number of ketones is 1. The fourth-order valence-electron chi connectivity index (χ4n) is 1.45. The van der Waals surface area contributed by atoms with Gasteiger partial charge < -0.3 is 15.3 Å². The van der Waals surface area contributed by atoms with Crippen LogP contribution in [0.3, 0.4) is 0 Å². The molecule has 0 aliphatic carbocycles. The lowest BCUT2D eigenvalue weighted by atomic mass is 9.99. The van der Waals surface area contributed by atoms with E-state index in [1.54, 1.807) is 6.92 Å². The monoisotopic (exact) mass is 236 g/mol. The number of carbonyl (C=O) groups excluding carboxylic acids is 1. The number of phenols is 2. The van der Waals surface area contributed by atoms with Crippen molar-refractivity contribution in [2.45, 2.75) is 26.4 Å². The Hall–Kier alpha value is -1.81. The molecule has 0 saturated carbocycles. The molecule has 1 rings (SSSR count). The third-order valence-electron chi connectivity index (χ3n) is 2.56. The SMILES string of the molecule is C=C(C)C(O)Cc1cc(C(C)=O)c(O)cc1O. The Morgan fingerprint density at radius 1 is 1.29 bits per heavy atom. The van der Waals surface area contributed by atoms with Crippen LogP contribution in [0, 0.1) is 0 Å². The number of Topliss-reactive ketones (excluding diaryl/α,β-unsaturated/α-hetero) is 1. The van der Waals surface area contributed by atoms with Gasteiger partial charge in [-0.1, -0.05) is 12.2 Å². The number of hydrogen-bond acceptors (Lipinski definition) is 4. The Kier molecular flexibility index (Phi) is 3.91. The van der Waals surface area contributed by atoms with Gasteiger partial charge in [0.15, 0.2) is 5.78 Å². The van der Waals surface area contributed by atoms with Gasteiger partial charge in [-0.25, -0.2) is 0 Å². The summed E-state index contributed by atoms with van der Waals surface area (Å²) in [6.07, 6.45) is -0.632. The van der Waals surface area contributed by atoms with Crippen LogP contribution in [-0.2, 0) is 6.42 Å². The summed E-state index contributed by atoms with van der Waals surface area (Å²) in [5.74, 6) is -0.704. The molecule has 0 aromatic heterocycles. The quantitative estimate of drug-likeness (QED) is 0.550. The maximum Gasteiger partial charge on any atom is 0.163 e. The highest BCUT2D eigenvalue weighted by Gasteiger charge is 2.15. The number of benzene rings is 1. The fraction of sp³-hybridized carbons (Fsp3) is 0.308. The molecule has 17 heavy (non-hydrogen) atoms. The highest BCUT2D eigenvalue weighted by molar-refractivity contribution is 5.97. The molecular weight excluding hydrogens is 220 g/mol. The predicted molar refractivity (Wildman–Crippen MR) is 64.3 cm³/mol. The molecule has 0 spiro atoms. The summed E-state index contributed by atoms with van der Waals surface area (Å²) < 4.78 is 0. The molecule has 0 saturated heterocycles. The summed E-state index contributed by atoms with van der Waals surface area (Å²) in [6.45, 7) is 6.61. The zero-order chi connectivity index (χ0) is 13.2. The fourth-order valence-corrected chi connectivity index (χ4v) is 1.45. The molecule has 1 unspecified atom stereocenters. The second-order valence-corrected chi connectivity index (χ2v) is 4.12. The van der Waals surface area contributed by atoms with E-state index in [2.05, 4.69) is 6.58 Å². The summed E-state index contributed by atoms with van der Waals surface area (Å²) in [5.41, 5.74) is 1.11. The Morgan fingerprint density at radius 2 is 1.88 bits per heavy atom. The largest absolute Gasteiger partial charge is 0.508 e. The highest BCUT2D eigenvalue weighted by Crippen LogP contribution is 2.29. The van der Waals surface area contributed by atoms with E-state index in [1.165, 1.54) is 13.0 Å². The van der Waals surface area contributed by atoms with Gasteiger partial charge in [0.05, 0.1) is 11.7 Å². The highest BCUT2D eigenvalue weighted by atomic mass is 16.3. The minimum absolute atomic E-state index is 0.131. The van der Waals surface area contributed by atoms with Gasteiger partial charge in [-0.2, -0.15) is 0 Å². The van der Waals surface area contributed by atoms with Crippen LogP contribution in [0.1, 0.15) is 29.8 Å². The summed E-state index contributed by atoms with van der Waals surface area (Å²) in [5, 5.41) is 28.7. The number of rotatable bonds is 4. The van der Waals surface area contributed by atoms with Gasteiger partial charge in [0.1, 0.15) is 11.5 Å². The molecule has 0 heterocycles. The van der Waals surface area contributed by atoms with Crippen LogP contribution in [0.2, 0.25) is 0 Å². The smallest absolute Gasteiger partial charge is 0.163 e. The lowest BCUT2D eigenvalue weighted by Gasteiger charge is -2.13. The second kappa shape index (κ2) is 5.01. The van der Waals surface area contributed by atoms with E-state index in [9.17, 15) is 20.1 Å². The first-order chi connectivity index (χ1) is 7.82. The van der Waals surface area contributed by atoms with E-state index < -0.39 is 6.10 Å². The van der Waals surface area contributed by atoms with Gasteiger partial charge in [-0.15, -0.1) is 0 Å². The maximum atomic E-state index is 11.2. The minimum Gasteiger partial charge on any atom is -0.508 e. The minimum atomic E-state index is -0.787. The lowest BCUT2D eigenvalue weighted by molar-refractivity contribution is 0.101. The molecule has 4 nitrogen and oxygen atoms in total. The molecule has 0 fully saturated rings. The number of aliphatic hydroxyl groups excluding tert-OH is 1. The molecule has 0 radical (unpaired) electrons. The van der Waals surface area contributed by atoms with Crippen LogP contribution >= 0.6 is 0 Å². The van der Waals surface area contributed by atoms with E-state index in [0.717, 1.165) is 6.07 Å². The van der Waals surface area contributed by atoms with Crippen molar-refractivity contribution >= 4 is 5.78 Å². The standard InChI is InChI=1S/C13H16O4/c1-7(2)11(15)5-9-4-10(8(3)14)13(17)6-12(9)16/h4,6,11,15-17H,1,5H2,2-3H3. The third kappa shape index (κ3) is 3.07. The van der Waals surface area contributed by atoms with E-state index >= 15 is 0 Å². The number of carbonyl (C=O) groups is 1. The molecule has 0 bridgehead atoms. The molecule has 4 heteroatoms. The van der Waals surface area contributed by atoms with Gasteiger partial charge in [0.25, 0.3) is 0 Å². The number of hydrogen-bond donors (Lipinski definition) is 3. The van der Waals surface area contributed by atoms with E-state index in [0.29, 0.717) is 11.1 Å². The van der Waals surface area contributed by atoms with Gasteiger partial charge in [-0.05, 0) is 25.5 Å². The molecular formula is C13H16O4. The Balaban J connectivity index is 3.12. The molecule has 0 aliphatic heterocycles. The van der Waals surface area contributed by atoms with Crippen molar-refractivity contribution in [2.24, 2.45) is 0 Å². The summed E-state index contributed by atoms with van der Waals surface area (Å²) in [6, 6.07) is 2.50. The van der Waals surface area contributed by atoms with Crippen molar-refractivity contribution in [3.63, 3.8) is 0 Å². The average Bonchev–Trinajstić information content (AvgIpc) is 2.21. The summed E-state index contributed by atoms with van der Waals surface area (Å²) >= 11 is 0. The van der Waals surface area contributed by atoms with Gasteiger partial charge in [-0.3, -0.25) is 4.79 Å². The summed E-state index contributed by atoms with van der Waals surface area (Å²) in [7, 11) is 0. The van der Waals surface area contributed by atoms with Gasteiger partial charge >= 0.3 is 0 Å². The van der Waals surface area contributed by atoms with Crippen LogP contribution in [0.25, 0.3) is 0 Å². The van der Waals surface area contributed by atoms with Gasteiger partial charge in [0, 0.05) is 12.5 Å². The second-order valence-electron chi connectivity index (χ2n) is 4.12. The molecule has 1 aromatic carbocycles. The summed E-state index contributed by atoms with van der Waals surface area (Å²) in [4.78, 5) is 11.2. The average molecular weight is 236 g/mol. The third-order valence-corrected chi connectivity index (χ3v) is 2.56. The molecule has 1 atom stereocenters. The van der Waals surface area contributed by atoms with Crippen LogP contribution in [0.4, 0.5) is 0 Å². The van der Waals surface area contributed by atoms with Gasteiger partial charge in [0.2, 0.25) is 0 Å². The van der Waals surface area contributed by atoms with E-state index in [-0.39, 0.29) is 29.3 Å². The molecule has 0 aliphatic rings. The van der Waals surface area contributed by atoms with Crippen molar-refractivity contribution in [2.75, 3.05) is 0 Å². The molecule has 3 N–H and O–H groups in total. The first kappa shape index (κ1) is 13.3. The van der Waals surface area contributed by atoms with Crippen LogP contribution in [0.5, 0.6) is 11.5 Å². The topological polar surface area (TPSA) is 77.8 Å². The number of aliphatic hydroxyl groups is 1. The first-order valence-corrected chi connectivity index (χ1v) is 5.22. The van der Waals surface area contributed by atoms with Crippen molar-refractivity contribution in [3.8, 4) is 11.5 Å². The number of phenolic OH excluding ortho intramolecular Hbond substituents is 2. The first-order valence-electron chi connectivity index (χ1n) is 5.22. The van der Waals surface area contributed by atoms with Crippen molar-refractivity contribution < 1.29 is 20.1 Å². The lowest BCUT2D eigenvalue weighted by Crippen LogP contribution is -2.11. The Labute approximate surface area is 99.8 Å². The zero-order valence-electron chi connectivity index (χ0n) is 9.90. The normalized spacial score (nSPS) is 12.2. The molecule has 92 valence electrons. The van der Waals surface area contributed by atoms with Crippen LogP contribution in [-0.4, -0.2) is 27.2 Å².